The van der Waals surface area contributed by atoms with Crippen molar-refractivity contribution in [2.45, 2.75) is 70.9 Å². The van der Waals surface area contributed by atoms with Gasteiger partial charge in [0.15, 0.2) is 0 Å². The maximum absolute atomic E-state index is 4.40. The largest absolute Gasteiger partial charge is 0.317 e. The van der Waals surface area contributed by atoms with Crippen LogP contribution in [0.2, 0.25) is 0 Å². The van der Waals surface area contributed by atoms with Crippen molar-refractivity contribution in [2.75, 3.05) is 7.05 Å². The number of aromatic nitrogens is 3. The summed E-state index contributed by atoms with van der Waals surface area (Å²) >= 11 is 0. The fourth-order valence-electron chi connectivity index (χ4n) is 3.24. The molecular weight excluding hydrogens is 236 g/mol. The van der Waals surface area contributed by atoms with Gasteiger partial charge in [-0.3, -0.25) is 4.68 Å². The summed E-state index contributed by atoms with van der Waals surface area (Å²) in [5.41, 5.74) is 0. The zero-order valence-electron chi connectivity index (χ0n) is 12.4. The molecule has 1 unspecified atom stereocenters. The first kappa shape index (κ1) is 14.5. The van der Waals surface area contributed by atoms with Gasteiger partial charge in [0.1, 0.15) is 12.2 Å². The number of hydrogen-bond acceptors (Lipinski definition) is 3. The lowest BCUT2D eigenvalue weighted by atomic mass is 9.91. The van der Waals surface area contributed by atoms with Gasteiger partial charge >= 0.3 is 0 Å². The predicted octanol–water partition coefficient (Wildman–Crippen LogP) is 2.79. The van der Waals surface area contributed by atoms with E-state index in [0.717, 1.165) is 24.7 Å². The lowest BCUT2D eigenvalue weighted by Gasteiger charge is -2.22. The minimum Gasteiger partial charge on any atom is -0.317 e. The van der Waals surface area contributed by atoms with Gasteiger partial charge in [-0.15, -0.1) is 0 Å². The first-order valence-corrected chi connectivity index (χ1v) is 7.87. The summed E-state index contributed by atoms with van der Waals surface area (Å²) in [5, 5.41) is 7.74. The molecule has 1 saturated carbocycles. The highest BCUT2D eigenvalue weighted by Gasteiger charge is 2.19. The van der Waals surface area contributed by atoms with E-state index in [1.807, 2.05) is 4.68 Å². The standard InChI is InChI=1S/C15H28N4/c1-3-19-15(17-12-18-19)11-14(16-2)10-13-8-6-4-5-7-9-13/h12-14,16H,3-11H2,1-2H3. The highest BCUT2D eigenvalue weighted by molar-refractivity contribution is 4.90. The third-order valence-corrected chi connectivity index (χ3v) is 4.43. The number of aryl methyl sites for hydroxylation is 1. The van der Waals surface area contributed by atoms with E-state index in [4.69, 9.17) is 0 Å². The van der Waals surface area contributed by atoms with Gasteiger partial charge in [-0.05, 0) is 26.3 Å². The van der Waals surface area contributed by atoms with Crippen LogP contribution in [0.15, 0.2) is 6.33 Å². The molecule has 1 fully saturated rings. The molecule has 0 bridgehead atoms. The predicted molar refractivity (Wildman–Crippen MR) is 78.1 cm³/mol. The van der Waals surface area contributed by atoms with Gasteiger partial charge in [0, 0.05) is 19.0 Å². The molecule has 1 atom stereocenters. The smallest absolute Gasteiger partial charge is 0.138 e. The minimum atomic E-state index is 0.539. The SMILES string of the molecule is CCn1ncnc1CC(CC1CCCCCC1)NC. The lowest BCUT2D eigenvalue weighted by molar-refractivity contribution is 0.355. The lowest BCUT2D eigenvalue weighted by Crippen LogP contribution is -2.31. The third-order valence-electron chi connectivity index (χ3n) is 4.43. The molecule has 1 heterocycles. The first-order chi connectivity index (χ1) is 9.33. The normalized spacial score (nSPS) is 19.3. The Morgan fingerprint density at radius 1 is 1.32 bits per heavy atom. The van der Waals surface area contributed by atoms with Crippen molar-refractivity contribution in [2.24, 2.45) is 5.92 Å². The maximum Gasteiger partial charge on any atom is 0.138 e. The highest BCUT2D eigenvalue weighted by Crippen LogP contribution is 2.27. The monoisotopic (exact) mass is 264 g/mol. The van der Waals surface area contributed by atoms with Crippen molar-refractivity contribution in [3.05, 3.63) is 12.2 Å². The summed E-state index contributed by atoms with van der Waals surface area (Å²) < 4.78 is 2.01. The highest BCUT2D eigenvalue weighted by atomic mass is 15.3. The van der Waals surface area contributed by atoms with Gasteiger partial charge in [-0.2, -0.15) is 5.10 Å². The molecule has 0 aliphatic heterocycles. The third kappa shape index (κ3) is 4.30. The Morgan fingerprint density at radius 3 is 2.68 bits per heavy atom. The van der Waals surface area contributed by atoms with Crippen molar-refractivity contribution in [1.82, 2.24) is 20.1 Å². The molecule has 0 amide bonds. The maximum atomic E-state index is 4.40. The van der Waals surface area contributed by atoms with Crippen molar-refractivity contribution >= 4 is 0 Å². The summed E-state index contributed by atoms with van der Waals surface area (Å²) in [4.78, 5) is 4.40. The Labute approximate surface area is 117 Å². The van der Waals surface area contributed by atoms with Crippen molar-refractivity contribution in [1.29, 1.82) is 0 Å². The molecule has 0 spiro atoms. The topological polar surface area (TPSA) is 42.7 Å². The summed E-state index contributed by atoms with van der Waals surface area (Å²) in [6, 6.07) is 0.539. The Balaban J connectivity index is 1.88. The van der Waals surface area contributed by atoms with Crippen LogP contribution in [0, 0.1) is 5.92 Å². The average molecular weight is 264 g/mol. The Bertz CT molecular complexity index is 353. The molecule has 2 rings (SSSR count). The van der Waals surface area contributed by atoms with Crippen LogP contribution in [0.5, 0.6) is 0 Å². The molecule has 1 N–H and O–H groups in total. The van der Waals surface area contributed by atoms with Crippen LogP contribution in [0.1, 0.15) is 57.7 Å². The molecule has 1 aromatic rings. The van der Waals surface area contributed by atoms with Gasteiger partial charge in [-0.25, -0.2) is 4.98 Å². The molecule has 0 radical (unpaired) electrons. The van der Waals surface area contributed by atoms with Crippen LogP contribution in [-0.2, 0) is 13.0 Å². The van der Waals surface area contributed by atoms with Crippen LogP contribution in [0.4, 0.5) is 0 Å². The van der Waals surface area contributed by atoms with Crippen LogP contribution in [0.25, 0.3) is 0 Å². The zero-order valence-corrected chi connectivity index (χ0v) is 12.4. The molecule has 1 aromatic heterocycles. The summed E-state index contributed by atoms with van der Waals surface area (Å²) in [6.07, 6.45) is 12.5. The molecule has 4 nitrogen and oxygen atoms in total. The van der Waals surface area contributed by atoms with Crippen LogP contribution in [0.3, 0.4) is 0 Å². The Kier molecular flexibility index (Phi) is 5.83. The summed E-state index contributed by atoms with van der Waals surface area (Å²) in [5.74, 6) is 2.02. The molecule has 0 aromatic carbocycles. The molecule has 19 heavy (non-hydrogen) atoms. The van der Waals surface area contributed by atoms with E-state index in [-0.39, 0.29) is 0 Å². The number of nitrogens with zero attached hydrogens (tertiary/aromatic N) is 3. The average Bonchev–Trinajstić information content (AvgIpc) is 2.72. The summed E-state index contributed by atoms with van der Waals surface area (Å²) in [6.45, 7) is 3.03. The fourth-order valence-corrected chi connectivity index (χ4v) is 3.24. The van der Waals surface area contributed by atoms with Crippen molar-refractivity contribution in [3.63, 3.8) is 0 Å². The Morgan fingerprint density at radius 2 is 2.05 bits per heavy atom. The van der Waals surface area contributed by atoms with Crippen LogP contribution < -0.4 is 5.32 Å². The second-order valence-corrected chi connectivity index (χ2v) is 5.78. The van der Waals surface area contributed by atoms with Gasteiger partial charge in [0.2, 0.25) is 0 Å². The molecule has 0 saturated heterocycles. The van der Waals surface area contributed by atoms with Crippen LogP contribution in [-0.4, -0.2) is 27.9 Å². The van der Waals surface area contributed by atoms with Gasteiger partial charge < -0.3 is 5.32 Å². The Hall–Kier alpha value is -0.900. The number of likely N-dealkylation sites (N-methyl/N-ethyl adjacent to an activating group) is 1. The molecule has 1 aliphatic carbocycles. The van der Waals surface area contributed by atoms with E-state index in [2.05, 4.69) is 29.4 Å². The van der Waals surface area contributed by atoms with Crippen LogP contribution >= 0.6 is 0 Å². The molecule has 4 heteroatoms. The molecular formula is C15H28N4. The molecule has 108 valence electrons. The number of nitrogens with one attached hydrogen (secondary N) is 1. The quantitative estimate of drug-likeness (QED) is 0.803. The van der Waals surface area contributed by atoms with Gasteiger partial charge in [0.05, 0.1) is 0 Å². The molecule has 1 aliphatic rings. The van der Waals surface area contributed by atoms with E-state index in [0.29, 0.717) is 6.04 Å². The van der Waals surface area contributed by atoms with E-state index < -0.39 is 0 Å². The fraction of sp³-hybridized carbons (Fsp3) is 0.867. The van der Waals surface area contributed by atoms with Crippen molar-refractivity contribution in [3.8, 4) is 0 Å². The number of rotatable bonds is 6. The number of hydrogen-bond donors (Lipinski definition) is 1. The second kappa shape index (κ2) is 7.63. The minimum absolute atomic E-state index is 0.539. The van der Waals surface area contributed by atoms with Gasteiger partial charge in [0.25, 0.3) is 0 Å². The van der Waals surface area contributed by atoms with E-state index in [1.165, 1.54) is 44.9 Å². The first-order valence-electron chi connectivity index (χ1n) is 7.87. The van der Waals surface area contributed by atoms with Crippen molar-refractivity contribution < 1.29 is 0 Å². The zero-order chi connectivity index (χ0) is 13.5. The van der Waals surface area contributed by atoms with Gasteiger partial charge in [-0.1, -0.05) is 38.5 Å². The van der Waals surface area contributed by atoms with E-state index in [9.17, 15) is 0 Å². The summed E-state index contributed by atoms with van der Waals surface area (Å²) in [7, 11) is 2.08. The second-order valence-electron chi connectivity index (χ2n) is 5.78. The van der Waals surface area contributed by atoms with E-state index in [1.54, 1.807) is 6.33 Å². The van der Waals surface area contributed by atoms with E-state index >= 15 is 0 Å².